The molecule has 0 aliphatic rings. The van der Waals surface area contributed by atoms with Crippen molar-refractivity contribution in [3.8, 4) is 28.7 Å². The molecule has 0 spiro atoms. The molecule has 34 heavy (non-hydrogen) atoms. The number of fused-ring (bicyclic) bond motifs is 1. The number of carbonyl (C=O) groups excluding carboxylic acids is 1. The number of halogens is 2. The molecule has 0 amide bonds. The Kier molecular flexibility index (Phi) is 7.33. The Morgan fingerprint density at radius 3 is 2.74 bits per heavy atom. The molecule has 1 aromatic carbocycles. The number of aromatic nitrogens is 5. The first-order valence-electron chi connectivity index (χ1n) is 10.8. The Morgan fingerprint density at radius 1 is 1.18 bits per heavy atom. The summed E-state index contributed by atoms with van der Waals surface area (Å²) < 4.78 is 17.8. The molecule has 0 radical (unpaired) electrons. The Labute approximate surface area is 206 Å². The zero-order chi connectivity index (χ0) is 24.2. The lowest BCUT2D eigenvalue weighted by atomic mass is 10.1. The van der Waals surface area contributed by atoms with E-state index in [0.717, 1.165) is 10.9 Å². The van der Waals surface area contributed by atoms with E-state index in [4.69, 9.17) is 37.2 Å². The van der Waals surface area contributed by atoms with Gasteiger partial charge >= 0.3 is 5.97 Å². The van der Waals surface area contributed by atoms with Gasteiger partial charge in [0.05, 0.1) is 35.0 Å². The largest absolute Gasteiger partial charge is 0.474 e. The van der Waals surface area contributed by atoms with Gasteiger partial charge in [-0.15, -0.1) is 0 Å². The van der Waals surface area contributed by atoms with Crippen LogP contribution < -0.4 is 4.74 Å². The molecule has 0 saturated heterocycles. The maximum Gasteiger partial charge on any atom is 0.305 e. The normalized spacial score (nSPS) is 11.4. The van der Waals surface area contributed by atoms with E-state index in [0.29, 0.717) is 58.9 Å². The van der Waals surface area contributed by atoms with Crippen LogP contribution >= 0.6 is 23.2 Å². The number of pyridine rings is 1. The van der Waals surface area contributed by atoms with Crippen molar-refractivity contribution in [2.45, 2.75) is 46.3 Å². The molecule has 0 bridgehead atoms. The van der Waals surface area contributed by atoms with Gasteiger partial charge in [0.15, 0.2) is 0 Å². The van der Waals surface area contributed by atoms with Crippen LogP contribution in [0.25, 0.3) is 33.7 Å². The van der Waals surface area contributed by atoms with Gasteiger partial charge in [-0.3, -0.25) is 9.48 Å². The van der Waals surface area contributed by atoms with Crippen molar-refractivity contribution in [1.29, 1.82) is 0 Å². The quantitative estimate of drug-likeness (QED) is 0.272. The number of aryl methyl sites for hydroxylation is 1. The van der Waals surface area contributed by atoms with Gasteiger partial charge in [-0.2, -0.15) is 10.1 Å². The number of carbonyl (C=O) groups is 1. The molecule has 0 saturated carbocycles. The molecule has 11 heteroatoms. The Hall–Kier alpha value is -3.17. The molecule has 178 valence electrons. The van der Waals surface area contributed by atoms with E-state index in [1.54, 1.807) is 36.1 Å². The molecule has 0 N–H and O–H groups in total. The predicted octanol–water partition coefficient (Wildman–Crippen LogP) is 5.59. The first-order valence-corrected chi connectivity index (χ1v) is 11.6. The fraction of sp³-hybridized carbons (Fsp3) is 0.348. The molecule has 0 aliphatic heterocycles. The zero-order valence-electron chi connectivity index (χ0n) is 18.9. The minimum Gasteiger partial charge on any atom is -0.474 e. The topological polar surface area (TPSA) is 105 Å². The van der Waals surface area contributed by atoms with E-state index in [-0.39, 0.29) is 18.0 Å². The van der Waals surface area contributed by atoms with Gasteiger partial charge in [-0.25, -0.2) is 4.98 Å². The lowest BCUT2D eigenvalue weighted by Gasteiger charge is -2.09. The fourth-order valence-electron chi connectivity index (χ4n) is 3.36. The zero-order valence-corrected chi connectivity index (χ0v) is 20.4. The van der Waals surface area contributed by atoms with Gasteiger partial charge in [0.1, 0.15) is 5.02 Å². The second kappa shape index (κ2) is 10.4. The van der Waals surface area contributed by atoms with Crippen LogP contribution in [0.15, 0.2) is 35.1 Å². The Bertz CT molecular complexity index is 1320. The van der Waals surface area contributed by atoms with Crippen LogP contribution in [0.5, 0.6) is 5.88 Å². The highest BCUT2D eigenvalue weighted by Crippen LogP contribution is 2.33. The van der Waals surface area contributed by atoms with Gasteiger partial charge in [0.25, 0.3) is 5.89 Å². The van der Waals surface area contributed by atoms with Gasteiger partial charge < -0.3 is 14.0 Å². The molecule has 3 heterocycles. The molecule has 3 aromatic heterocycles. The number of esters is 1. The summed E-state index contributed by atoms with van der Waals surface area (Å²) in [5.74, 6) is 0.709. The molecule has 0 unspecified atom stereocenters. The minimum atomic E-state index is -0.217. The van der Waals surface area contributed by atoms with Crippen molar-refractivity contribution in [3.63, 3.8) is 0 Å². The van der Waals surface area contributed by atoms with Crippen LogP contribution in [0.2, 0.25) is 10.0 Å². The summed E-state index contributed by atoms with van der Waals surface area (Å²) in [5, 5.41) is 10.1. The number of nitrogens with zero attached hydrogens (tertiary/aromatic N) is 5. The van der Waals surface area contributed by atoms with Crippen LogP contribution in [0.3, 0.4) is 0 Å². The standard InChI is InChI=1S/C23H23Cl2N5O4/c1-4-32-20(31)6-5-7-30-19-10-17(24)16(8-14(19)12-27-30)21-28-22(34-29-21)15-9-18(25)23(26-11-15)33-13(2)3/h8-13H,4-7H2,1-3H3. The van der Waals surface area contributed by atoms with Crippen molar-refractivity contribution in [3.05, 3.63) is 40.6 Å². The summed E-state index contributed by atoms with van der Waals surface area (Å²) in [4.78, 5) is 20.3. The summed E-state index contributed by atoms with van der Waals surface area (Å²) in [6.07, 6.45) is 4.19. The molecular weight excluding hydrogens is 481 g/mol. The average Bonchev–Trinajstić information content (AvgIpc) is 3.42. The molecular formula is C23H23Cl2N5O4. The number of ether oxygens (including phenoxy) is 2. The van der Waals surface area contributed by atoms with Crippen molar-refractivity contribution in [2.75, 3.05) is 6.61 Å². The predicted molar refractivity (Wildman–Crippen MR) is 128 cm³/mol. The summed E-state index contributed by atoms with van der Waals surface area (Å²) in [6, 6.07) is 5.32. The molecule has 9 nitrogen and oxygen atoms in total. The van der Waals surface area contributed by atoms with Gasteiger partial charge in [-0.05, 0) is 45.4 Å². The monoisotopic (exact) mass is 503 g/mol. The van der Waals surface area contributed by atoms with Crippen molar-refractivity contribution in [2.24, 2.45) is 0 Å². The highest BCUT2D eigenvalue weighted by Gasteiger charge is 2.18. The molecule has 0 atom stereocenters. The summed E-state index contributed by atoms with van der Waals surface area (Å²) in [7, 11) is 0. The summed E-state index contributed by atoms with van der Waals surface area (Å²) >= 11 is 12.8. The third-order valence-corrected chi connectivity index (χ3v) is 5.44. The van der Waals surface area contributed by atoms with E-state index in [1.807, 2.05) is 19.9 Å². The van der Waals surface area contributed by atoms with E-state index < -0.39 is 0 Å². The number of rotatable bonds is 9. The Balaban J connectivity index is 1.54. The van der Waals surface area contributed by atoms with Gasteiger partial charge in [0.2, 0.25) is 11.7 Å². The first kappa shape index (κ1) is 24.0. The van der Waals surface area contributed by atoms with Crippen LogP contribution in [-0.2, 0) is 16.1 Å². The van der Waals surface area contributed by atoms with E-state index in [2.05, 4.69) is 20.2 Å². The smallest absolute Gasteiger partial charge is 0.305 e. The number of hydrogen-bond acceptors (Lipinski definition) is 8. The number of benzene rings is 1. The van der Waals surface area contributed by atoms with E-state index >= 15 is 0 Å². The van der Waals surface area contributed by atoms with E-state index in [9.17, 15) is 4.79 Å². The van der Waals surface area contributed by atoms with Crippen molar-refractivity contribution >= 4 is 40.1 Å². The SMILES string of the molecule is CCOC(=O)CCCn1ncc2cc(-c3noc(-c4cnc(OC(C)C)c(Cl)c4)n3)c(Cl)cc21. The molecule has 4 aromatic rings. The van der Waals surface area contributed by atoms with Crippen molar-refractivity contribution in [1.82, 2.24) is 24.9 Å². The average molecular weight is 504 g/mol. The third-order valence-electron chi connectivity index (χ3n) is 4.86. The van der Waals surface area contributed by atoms with Gasteiger partial charge in [0, 0.05) is 30.1 Å². The number of hydrogen-bond donors (Lipinski definition) is 0. The van der Waals surface area contributed by atoms with Crippen molar-refractivity contribution < 1.29 is 18.8 Å². The minimum absolute atomic E-state index is 0.0511. The fourth-order valence-corrected chi connectivity index (χ4v) is 3.81. The third kappa shape index (κ3) is 5.31. The second-order valence-electron chi connectivity index (χ2n) is 7.77. The second-order valence-corrected chi connectivity index (χ2v) is 8.58. The molecule has 0 aliphatic carbocycles. The maximum atomic E-state index is 11.6. The first-order chi connectivity index (χ1) is 16.4. The van der Waals surface area contributed by atoms with Crippen LogP contribution in [0, 0.1) is 0 Å². The molecule has 4 rings (SSSR count). The Morgan fingerprint density at radius 2 is 2.00 bits per heavy atom. The summed E-state index contributed by atoms with van der Waals surface area (Å²) in [6.45, 7) is 6.51. The lowest BCUT2D eigenvalue weighted by molar-refractivity contribution is -0.143. The maximum absolute atomic E-state index is 11.6. The highest BCUT2D eigenvalue weighted by atomic mass is 35.5. The van der Waals surface area contributed by atoms with E-state index in [1.165, 1.54) is 0 Å². The van der Waals surface area contributed by atoms with Crippen LogP contribution in [-0.4, -0.2) is 43.6 Å². The van der Waals surface area contributed by atoms with Gasteiger partial charge in [-0.1, -0.05) is 28.4 Å². The summed E-state index contributed by atoms with van der Waals surface area (Å²) in [5.41, 5.74) is 2.01. The highest BCUT2D eigenvalue weighted by molar-refractivity contribution is 6.34. The lowest BCUT2D eigenvalue weighted by Crippen LogP contribution is -2.07. The van der Waals surface area contributed by atoms with Crippen LogP contribution in [0.1, 0.15) is 33.6 Å². The van der Waals surface area contributed by atoms with Crippen LogP contribution in [0.4, 0.5) is 0 Å². The molecule has 0 fully saturated rings.